The van der Waals surface area contributed by atoms with E-state index in [1.807, 2.05) is 24.3 Å². The zero-order valence-corrected chi connectivity index (χ0v) is 11.2. The first kappa shape index (κ1) is 14.3. The Bertz CT molecular complexity index is 446. The lowest BCUT2D eigenvalue weighted by Gasteiger charge is -2.18. The monoisotopic (exact) mass is 244 g/mol. The van der Waals surface area contributed by atoms with E-state index in [1.54, 1.807) is 0 Å². The highest BCUT2D eigenvalue weighted by atomic mass is 16.1. The van der Waals surface area contributed by atoms with Gasteiger partial charge in [0.15, 0.2) is 0 Å². The minimum absolute atomic E-state index is 0.0374. The summed E-state index contributed by atoms with van der Waals surface area (Å²) in [7, 11) is 0. The molecule has 0 saturated heterocycles. The molecular weight excluding hydrogens is 224 g/mol. The van der Waals surface area contributed by atoms with E-state index in [-0.39, 0.29) is 11.9 Å². The lowest BCUT2D eigenvalue weighted by molar-refractivity contribution is -0.114. The molecule has 2 N–H and O–H groups in total. The number of nitrogens with one attached hydrogen (secondary N) is 2. The number of carbonyl (C=O) groups excluding carboxylic acids is 1. The molecule has 0 aliphatic rings. The van der Waals surface area contributed by atoms with Gasteiger partial charge in [-0.25, -0.2) is 0 Å². The van der Waals surface area contributed by atoms with E-state index in [1.165, 1.54) is 6.92 Å². The first-order valence-corrected chi connectivity index (χ1v) is 6.09. The van der Waals surface area contributed by atoms with Gasteiger partial charge in [-0.3, -0.25) is 10.1 Å². The Morgan fingerprint density at radius 2 is 2.06 bits per heavy atom. The van der Waals surface area contributed by atoms with Crippen molar-refractivity contribution >= 4 is 11.6 Å². The van der Waals surface area contributed by atoms with Crippen LogP contribution in [0.3, 0.4) is 0 Å². The first-order valence-electron chi connectivity index (χ1n) is 6.09. The molecule has 96 valence electrons. The van der Waals surface area contributed by atoms with Crippen LogP contribution < -0.4 is 10.6 Å². The predicted molar refractivity (Wildman–Crippen MR) is 75.0 cm³/mol. The van der Waals surface area contributed by atoms with Crippen molar-refractivity contribution in [2.24, 2.45) is 5.92 Å². The minimum atomic E-state index is -0.0696. The molecule has 1 atom stereocenters. The van der Waals surface area contributed by atoms with Gasteiger partial charge in [-0.2, -0.15) is 0 Å². The molecule has 1 unspecified atom stereocenters. The molecule has 1 rings (SSSR count). The van der Waals surface area contributed by atoms with E-state index in [0.717, 1.165) is 11.3 Å². The second-order valence-corrected chi connectivity index (χ2v) is 4.61. The third-order valence-corrected chi connectivity index (χ3v) is 2.69. The van der Waals surface area contributed by atoms with Gasteiger partial charge in [0, 0.05) is 19.2 Å². The number of amides is 1. The SMILES string of the molecule is C#CC(NCc1ccccc1NC(C)=O)C(C)C. The van der Waals surface area contributed by atoms with E-state index in [4.69, 9.17) is 6.42 Å². The Hall–Kier alpha value is -1.79. The van der Waals surface area contributed by atoms with Crippen LogP contribution in [0.5, 0.6) is 0 Å². The molecule has 3 nitrogen and oxygen atoms in total. The van der Waals surface area contributed by atoms with Gasteiger partial charge < -0.3 is 5.32 Å². The van der Waals surface area contributed by atoms with E-state index in [9.17, 15) is 4.79 Å². The molecule has 18 heavy (non-hydrogen) atoms. The lowest BCUT2D eigenvalue weighted by Crippen LogP contribution is -2.32. The van der Waals surface area contributed by atoms with Gasteiger partial charge in [-0.1, -0.05) is 38.0 Å². The first-order chi connectivity index (χ1) is 8.54. The van der Waals surface area contributed by atoms with Crippen LogP contribution in [0.1, 0.15) is 26.3 Å². The second-order valence-electron chi connectivity index (χ2n) is 4.61. The smallest absolute Gasteiger partial charge is 0.221 e. The average molecular weight is 244 g/mol. The molecule has 0 bridgehead atoms. The summed E-state index contributed by atoms with van der Waals surface area (Å²) in [5.41, 5.74) is 1.87. The average Bonchev–Trinajstić information content (AvgIpc) is 2.30. The Balaban J connectivity index is 2.72. The van der Waals surface area contributed by atoms with Gasteiger partial charge in [-0.15, -0.1) is 6.42 Å². The highest BCUT2D eigenvalue weighted by molar-refractivity contribution is 5.89. The highest BCUT2D eigenvalue weighted by Gasteiger charge is 2.10. The molecule has 0 saturated carbocycles. The molecule has 1 aromatic carbocycles. The molecule has 0 spiro atoms. The van der Waals surface area contributed by atoms with Crippen molar-refractivity contribution in [2.75, 3.05) is 5.32 Å². The Kier molecular flexibility index (Phi) is 5.41. The van der Waals surface area contributed by atoms with Crippen molar-refractivity contribution in [2.45, 2.75) is 33.4 Å². The molecule has 0 fully saturated rings. The van der Waals surface area contributed by atoms with Gasteiger partial charge in [0.25, 0.3) is 0 Å². The third-order valence-electron chi connectivity index (χ3n) is 2.69. The van der Waals surface area contributed by atoms with Crippen LogP contribution in [0.25, 0.3) is 0 Å². The topological polar surface area (TPSA) is 41.1 Å². The fraction of sp³-hybridized carbons (Fsp3) is 0.400. The van der Waals surface area contributed by atoms with Gasteiger partial charge in [-0.05, 0) is 17.5 Å². The van der Waals surface area contributed by atoms with Crippen molar-refractivity contribution in [3.05, 3.63) is 29.8 Å². The summed E-state index contributed by atoms with van der Waals surface area (Å²) in [6.07, 6.45) is 5.47. The standard InChI is InChI=1S/C15H20N2O/c1-5-14(11(2)3)16-10-13-8-6-7-9-15(13)17-12(4)18/h1,6-9,11,14,16H,10H2,2-4H3,(H,17,18). The highest BCUT2D eigenvalue weighted by Crippen LogP contribution is 2.15. The van der Waals surface area contributed by atoms with Crippen molar-refractivity contribution < 1.29 is 4.79 Å². The van der Waals surface area contributed by atoms with Crippen LogP contribution in [0.15, 0.2) is 24.3 Å². The van der Waals surface area contributed by atoms with Crippen molar-refractivity contribution in [1.29, 1.82) is 0 Å². The van der Waals surface area contributed by atoms with E-state index in [2.05, 4.69) is 30.4 Å². The second kappa shape index (κ2) is 6.83. The maximum atomic E-state index is 11.1. The number of rotatable bonds is 5. The van der Waals surface area contributed by atoms with Gasteiger partial charge in [0.05, 0.1) is 6.04 Å². The van der Waals surface area contributed by atoms with Crippen molar-refractivity contribution in [1.82, 2.24) is 5.32 Å². The fourth-order valence-electron chi connectivity index (χ4n) is 1.69. The number of anilines is 1. The van der Waals surface area contributed by atoms with Gasteiger partial charge in [0.2, 0.25) is 5.91 Å². The van der Waals surface area contributed by atoms with Crippen LogP contribution in [0, 0.1) is 18.3 Å². The summed E-state index contributed by atoms with van der Waals surface area (Å²) < 4.78 is 0. The van der Waals surface area contributed by atoms with E-state index >= 15 is 0 Å². The molecule has 1 aromatic rings. The Labute approximate surface area is 109 Å². The number of para-hydroxylation sites is 1. The van der Waals surface area contributed by atoms with Crippen molar-refractivity contribution in [3.63, 3.8) is 0 Å². The summed E-state index contributed by atoms with van der Waals surface area (Å²) in [4.78, 5) is 11.1. The molecular formula is C15H20N2O. The summed E-state index contributed by atoms with van der Waals surface area (Å²) >= 11 is 0. The summed E-state index contributed by atoms with van der Waals surface area (Å²) in [6, 6.07) is 7.75. The third kappa shape index (κ3) is 4.23. The summed E-state index contributed by atoms with van der Waals surface area (Å²) in [5.74, 6) is 3.04. The largest absolute Gasteiger partial charge is 0.326 e. The van der Waals surface area contributed by atoms with Gasteiger partial charge >= 0.3 is 0 Å². The van der Waals surface area contributed by atoms with E-state index in [0.29, 0.717) is 12.5 Å². The zero-order valence-electron chi connectivity index (χ0n) is 11.2. The number of terminal acetylenes is 1. The van der Waals surface area contributed by atoms with Gasteiger partial charge in [0.1, 0.15) is 0 Å². The number of hydrogen-bond donors (Lipinski definition) is 2. The van der Waals surface area contributed by atoms with E-state index < -0.39 is 0 Å². The molecule has 0 radical (unpaired) electrons. The Morgan fingerprint density at radius 1 is 1.39 bits per heavy atom. The summed E-state index contributed by atoms with van der Waals surface area (Å²) in [5, 5.41) is 6.13. The van der Waals surface area contributed by atoms with Crippen LogP contribution in [-0.2, 0) is 11.3 Å². The normalized spacial score (nSPS) is 11.9. The zero-order chi connectivity index (χ0) is 13.5. The summed E-state index contributed by atoms with van der Waals surface area (Å²) in [6.45, 7) is 6.31. The number of benzene rings is 1. The molecule has 0 aliphatic carbocycles. The molecule has 0 aliphatic heterocycles. The van der Waals surface area contributed by atoms with Crippen molar-refractivity contribution in [3.8, 4) is 12.3 Å². The number of hydrogen-bond acceptors (Lipinski definition) is 2. The lowest BCUT2D eigenvalue weighted by atomic mass is 10.0. The number of carbonyl (C=O) groups is 1. The molecule has 3 heteroatoms. The predicted octanol–water partition coefficient (Wildman–Crippen LogP) is 2.39. The van der Waals surface area contributed by atoms with Crippen LogP contribution in [0.4, 0.5) is 5.69 Å². The van der Waals surface area contributed by atoms with Crippen LogP contribution in [0.2, 0.25) is 0 Å². The van der Waals surface area contributed by atoms with Crippen LogP contribution >= 0.6 is 0 Å². The molecule has 0 aromatic heterocycles. The Morgan fingerprint density at radius 3 is 2.61 bits per heavy atom. The fourth-order valence-corrected chi connectivity index (χ4v) is 1.69. The maximum absolute atomic E-state index is 11.1. The molecule has 0 heterocycles. The maximum Gasteiger partial charge on any atom is 0.221 e. The molecule has 1 amide bonds. The van der Waals surface area contributed by atoms with Crippen LogP contribution in [-0.4, -0.2) is 11.9 Å². The minimum Gasteiger partial charge on any atom is -0.326 e. The quantitative estimate of drug-likeness (QED) is 0.781.